The van der Waals surface area contributed by atoms with E-state index >= 15 is 0 Å². The van der Waals surface area contributed by atoms with E-state index in [9.17, 15) is 0 Å². The number of piperidine rings is 1. The van der Waals surface area contributed by atoms with Gasteiger partial charge in [-0.25, -0.2) is 0 Å². The highest BCUT2D eigenvalue weighted by molar-refractivity contribution is 5.21. The molecule has 4 heteroatoms. The molecule has 120 valence electrons. The van der Waals surface area contributed by atoms with E-state index in [0.717, 1.165) is 31.2 Å². The first-order chi connectivity index (χ1) is 10.3. The van der Waals surface area contributed by atoms with Crippen LogP contribution in [0.15, 0.2) is 23.5 Å². The summed E-state index contributed by atoms with van der Waals surface area (Å²) in [6.07, 6.45) is 7.94. The molecule has 2 saturated heterocycles. The third-order valence-corrected chi connectivity index (χ3v) is 4.30. The van der Waals surface area contributed by atoms with E-state index in [2.05, 4.69) is 24.0 Å². The molecule has 0 aromatic heterocycles. The van der Waals surface area contributed by atoms with Crippen molar-refractivity contribution in [3.63, 3.8) is 0 Å². The fraction of sp³-hybridized carbons (Fsp3) is 0.765. The number of methoxy groups -OCH3 is 1. The monoisotopic (exact) mass is 295 g/mol. The predicted octanol–water partition coefficient (Wildman–Crippen LogP) is 2.61. The Bertz CT molecular complexity index is 349. The van der Waals surface area contributed by atoms with Crippen molar-refractivity contribution in [1.29, 1.82) is 0 Å². The maximum atomic E-state index is 5.61. The van der Waals surface area contributed by atoms with Crippen LogP contribution in [0, 0.1) is 5.92 Å². The fourth-order valence-electron chi connectivity index (χ4n) is 2.94. The molecule has 2 aliphatic heterocycles. The highest BCUT2D eigenvalue weighted by atomic mass is 16.6. The Kier molecular flexibility index (Phi) is 7.27. The van der Waals surface area contributed by atoms with Crippen molar-refractivity contribution in [1.82, 2.24) is 4.90 Å². The van der Waals surface area contributed by atoms with E-state index in [4.69, 9.17) is 14.2 Å². The van der Waals surface area contributed by atoms with Gasteiger partial charge < -0.3 is 19.1 Å². The van der Waals surface area contributed by atoms with Crippen molar-refractivity contribution < 1.29 is 14.2 Å². The average Bonchev–Trinajstić information content (AvgIpc) is 2.54. The van der Waals surface area contributed by atoms with Crippen LogP contribution in [-0.4, -0.2) is 58.1 Å². The number of nitrogens with zero attached hydrogens (tertiary/aromatic N) is 1. The number of ether oxygens (including phenoxy) is 3. The van der Waals surface area contributed by atoms with Gasteiger partial charge in [0.1, 0.15) is 19.0 Å². The summed E-state index contributed by atoms with van der Waals surface area (Å²) in [6.45, 7) is 8.53. The second-order valence-electron chi connectivity index (χ2n) is 5.87. The predicted molar refractivity (Wildman–Crippen MR) is 84.3 cm³/mol. The van der Waals surface area contributed by atoms with Gasteiger partial charge in [-0.2, -0.15) is 0 Å². The normalized spacial score (nSPS) is 24.3. The van der Waals surface area contributed by atoms with Crippen LogP contribution in [0.2, 0.25) is 0 Å². The van der Waals surface area contributed by atoms with Crippen molar-refractivity contribution in [3.8, 4) is 0 Å². The molecule has 0 spiro atoms. The lowest BCUT2D eigenvalue weighted by Crippen LogP contribution is -2.35. The summed E-state index contributed by atoms with van der Waals surface area (Å²) in [7, 11) is 1.80. The van der Waals surface area contributed by atoms with Crippen molar-refractivity contribution in [2.24, 2.45) is 5.92 Å². The molecule has 0 radical (unpaired) electrons. The van der Waals surface area contributed by atoms with Crippen LogP contribution in [0.1, 0.15) is 26.2 Å². The van der Waals surface area contributed by atoms with Crippen LogP contribution < -0.4 is 0 Å². The number of rotatable bonds is 6. The lowest BCUT2D eigenvalue weighted by Gasteiger charge is -2.31. The van der Waals surface area contributed by atoms with Crippen LogP contribution >= 0.6 is 0 Å². The molecule has 0 atom stereocenters. The summed E-state index contributed by atoms with van der Waals surface area (Å²) in [5.74, 6) is 1.72. The second kappa shape index (κ2) is 9.23. The molecule has 0 aromatic rings. The topological polar surface area (TPSA) is 30.9 Å². The van der Waals surface area contributed by atoms with Gasteiger partial charge in [0.15, 0.2) is 0 Å². The minimum atomic E-state index is 0.611. The van der Waals surface area contributed by atoms with Crippen LogP contribution in [0.3, 0.4) is 0 Å². The first kappa shape index (κ1) is 16.5. The minimum Gasteiger partial charge on any atom is -0.493 e. The van der Waals surface area contributed by atoms with Crippen LogP contribution in [-0.2, 0) is 14.2 Å². The summed E-state index contributed by atoms with van der Waals surface area (Å²) in [4.78, 5) is 2.56. The zero-order valence-corrected chi connectivity index (χ0v) is 13.5. The maximum absolute atomic E-state index is 5.61. The van der Waals surface area contributed by atoms with E-state index < -0.39 is 0 Å². The van der Waals surface area contributed by atoms with Crippen molar-refractivity contribution in [2.75, 3.05) is 53.2 Å². The van der Waals surface area contributed by atoms with E-state index in [0.29, 0.717) is 19.8 Å². The molecule has 2 aliphatic rings. The summed E-state index contributed by atoms with van der Waals surface area (Å²) in [5.41, 5.74) is 1.34. The molecule has 0 saturated carbocycles. The van der Waals surface area contributed by atoms with E-state index in [1.54, 1.807) is 7.11 Å². The molecular weight excluding hydrogens is 266 g/mol. The summed E-state index contributed by atoms with van der Waals surface area (Å²) in [5, 5.41) is 0. The minimum absolute atomic E-state index is 0.611. The SMILES string of the molecule is C/C=C(\C=C1/COCCO1)CCN1CCC(COC)CC1. The molecule has 0 aliphatic carbocycles. The van der Waals surface area contributed by atoms with Gasteiger partial charge in [0.2, 0.25) is 0 Å². The molecule has 0 N–H and O–H groups in total. The molecule has 4 nitrogen and oxygen atoms in total. The molecule has 21 heavy (non-hydrogen) atoms. The first-order valence-electron chi connectivity index (χ1n) is 8.09. The Balaban J connectivity index is 1.71. The van der Waals surface area contributed by atoms with Gasteiger partial charge in [0.05, 0.1) is 6.61 Å². The maximum Gasteiger partial charge on any atom is 0.122 e. The highest BCUT2D eigenvalue weighted by Crippen LogP contribution is 2.19. The quantitative estimate of drug-likeness (QED) is 0.754. The molecule has 2 fully saturated rings. The summed E-state index contributed by atoms with van der Waals surface area (Å²) in [6, 6.07) is 0. The largest absolute Gasteiger partial charge is 0.493 e. The summed E-state index contributed by atoms with van der Waals surface area (Å²) >= 11 is 0. The smallest absolute Gasteiger partial charge is 0.122 e. The summed E-state index contributed by atoms with van der Waals surface area (Å²) < 4.78 is 16.3. The number of hydrogen-bond donors (Lipinski definition) is 0. The Hall–Kier alpha value is -0.840. The zero-order chi connectivity index (χ0) is 14.9. The van der Waals surface area contributed by atoms with Gasteiger partial charge >= 0.3 is 0 Å². The van der Waals surface area contributed by atoms with Crippen LogP contribution in [0.4, 0.5) is 0 Å². The fourth-order valence-corrected chi connectivity index (χ4v) is 2.94. The third-order valence-electron chi connectivity index (χ3n) is 4.30. The molecule has 0 aromatic carbocycles. The van der Waals surface area contributed by atoms with Crippen molar-refractivity contribution in [3.05, 3.63) is 23.5 Å². The Morgan fingerprint density at radius 3 is 2.76 bits per heavy atom. The van der Waals surface area contributed by atoms with Crippen molar-refractivity contribution >= 4 is 0 Å². The standard InChI is InChI=1S/C17H29NO3/c1-3-15(12-17-14-20-10-11-21-17)4-7-18-8-5-16(6-9-18)13-19-2/h3,12,16H,4-11,13-14H2,1-2H3/b15-3-,17-12+. The molecular formula is C17H29NO3. The average molecular weight is 295 g/mol. The van der Waals surface area contributed by atoms with Gasteiger partial charge in [-0.05, 0) is 56.8 Å². The second-order valence-corrected chi connectivity index (χ2v) is 5.87. The molecule has 0 unspecified atom stereocenters. The zero-order valence-electron chi connectivity index (χ0n) is 13.5. The lowest BCUT2D eigenvalue weighted by atomic mass is 9.97. The molecule has 2 heterocycles. The number of hydrogen-bond acceptors (Lipinski definition) is 4. The third kappa shape index (κ3) is 5.81. The molecule has 2 rings (SSSR count). The van der Waals surface area contributed by atoms with E-state index in [1.165, 1.54) is 31.5 Å². The number of likely N-dealkylation sites (tertiary alicyclic amines) is 1. The van der Waals surface area contributed by atoms with E-state index in [1.807, 2.05) is 0 Å². The first-order valence-corrected chi connectivity index (χ1v) is 8.09. The highest BCUT2D eigenvalue weighted by Gasteiger charge is 2.18. The van der Waals surface area contributed by atoms with Crippen LogP contribution in [0.25, 0.3) is 0 Å². The lowest BCUT2D eigenvalue weighted by molar-refractivity contribution is 0.0133. The molecule has 0 bridgehead atoms. The van der Waals surface area contributed by atoms with Gasteiger partial charge in [-0.1, -0.05) is 6.08 Å². The molecule has 0 amide bonds. The van der Waals surface area contributed by atoms with Gasteiger partial charge in [-0.3, -0.25) is 0 Å². The van der Waals surface area contributed by atoms with Gasteiger partial charge in [0.25, 0.3) is 0 Å². The number of allylic oxidation sites excluding steroid dienone is 2. The Labute approximate surface area is 128 Å². The Morgan fingerprint density at radius 1 is 1.33 bits per heavy atom. The van der Waals surface area contributed by atoms with Gasteiger partial charge in [-0.15, -0.1) is 0 Å². The van der Waals surface area contributed by atoms with E-state index in [-0.39, 0.29) is 0 Å². The van der Waals surface area contributed by atoms with Crippen LogP contribution in [0.5, 0.6) is 0 Å². The van der Waals surface area contributed by atoms with Gasteiger partial charge in [0, 0.05) is 20.3 Å². The Morgan fingerprint density at radius 2 is 2.14 bits per heavy atom. The van der Waals surface area contributed by atoms with Crippen molar-refractivity contribution in [2.45, 2.75) is 26.2 Å².